The summed E-state index contributed by atoms with van der Waals surface area (Å²) < 4.78 is 0. The zero-order chi connectivity index (χ0) is 19.7. The van der Waals surface area contributed by atoms with Crippen molar-refractivity contribution in [3.8, 4) is 0 Å². The maximum absolute atomic E-state index is 12.3. The van der Waals surface area contributed by atoms with Gasteiger partial charge < -0.3 is 10.2 Å². The first-order valence-corrected chi connectivity index (χ1v) is 9.74. The molecule has 0 aliphatic carbocycles. The van der Waals surface area contributed by atoms with Gasteiger partial charge in [0.25, 0.3) is 5.91 Å². The van der Waals surface area contributed by atoms with Crippen LogP contribution in [0.2, 0.25) is 10.0 Å². The number of amides is 1. The summed E-state index contributed by atoms with van der Waals surface area (Å²) in [6, 6.07) is 15.2. The molecule has 6 heteroatoms. The number of hydrogen-bond acceptors (Lipinski definition) is 3. The van der Waals surface area contributed by atoms with Crippen molar-refractivity contribution in [1.29, 1.82) is 0 Å². The highest BCUT2D eigenvalue weighted by Crippen LogP contribution is 2.38. The molecule has 1 N–H and O–H groups in total. The number of carbonyl (C=O) groups excluding carboxylic acids is 1. The zero-order valence-corrected chi connectivity index (χ0v) is 16.8. The Hall–Kier alpha value is -2.40. The van der Waals surface area contributed by atoms with Gasteiger partial charge in [-0.15, -0.1) is 0 Å². The second-order valence-corrected chi connectivity index (χ2v) is 7.87. The molecule has 0 spiro atoms. The Bertz CT molecular complexity index is 1010. The summed E-state index contributed by atoms with van der Waals surface area (Å²) in [4.78, 5) is 18.5. The largest absolute Gasteiger partial charge is 0.322 e. The lowest BCUT2D eigenvalue weighted by Gasteiger charge is -2.33. The molecule has 0 saturated heterocycles. The highest BCUT2D eigenvalue weighted by atomic mass is 35.5. The van der Waals surface area contributed by atoms with Crippen LogP contribution in [-0.4, -0.2) is 29.4 Å². The van der Waals surface area contributed by atoms with Gasteiger partial charge in [-0.1, -0.05) is 35.3 Å². The summed E-state index contributed by atoms with van der Waals surface area (Å²) in [5.74, 6) is -0.00446. The Morgan fingerprint density at radius 2 is 1.96 bits per heavy atom. The summed E-state index contributed by atoms with van der Waals surface area (Å²) >= 11 is 12.7. The third-order valence-corrected chi connectivity index (χ3v) is 5.54. The molecule has 0 bridgehead atoms. The van der Waals surface area contributed by atoms with Crippen LogP contribution in [0.1, 0.15) is 33.0 Å². The molecule has 1 atom stereocenters. The average Bonchev–Trinajstić information content (AvgIpc) is 2.69. The molecule has 4 rings (SSSR count). The van der Waals surface area contributed by atoms with Crippen molar-refractivity contribution in [2.24, 2.45) is 0 Å². The number of aromatic nitrogens is 1. The van der Waals surface area contributed by atoms with Gasteiger partial charge in [0.2, 0.25) is 0 Å². The Labute approximate surface area is 174 Å². The molecule has 3 aromatic rings. The molecular formula is C22H19Cl2N3O. The van der Waals surface area contributed by atoms with E-state index in [2.05, 4.69) is 22.2 Å². The topological polar surface area (TPSA) is 45.2 Å². The molecule has 0 saturated carbocycles. The standard InChI is InChI=1S/C22H19Cl2N3O/c1-27-12-19(18-9-16(23)10-21(24)20(18)13-27)14-4-6-17(7-5-14)26-22(28)15-3-2-8-25-11-15/h2-11,19H,12-13H2,1H3,(H,26,28). The number of hydrogen-bond donors (Lipinski definition) is 1. The molecule has 0 radical (unpaired) electrons. The molecule has 0 fully saturated rings. The first kappa shape index (κ1) is 18.9. The fourth-order valence-corrected chi connectivity index (χ4v) is 4.20. The fourth-order valence-electron chi connectivity index (χ4n) is 3.63. The lowest BCUT2D eigenvalue weighted by molar-refractivity contribution is 0.102. The van der Waals surface area contributed by atoms with Crippen molar-refractivity contribution >= 4 is 34.8 Å². The van der Waals surface area contributed by atoms with Crippen molar-refractivity contribution in [3.63, 3.8) is 0 Å². The van der Waals surface area contributed by atoms with Gasteiger partial charge >= 0.3 is 0 Å². The lowest BCUT2D eigenvalue weighted by Crippen LogP contribution is -2.31. The van der Waals surface area contributed by atoms with E-state index in [1.165, 1.54) is 5.56 Å². The summed E-state index contributed by atoms with van der Waals surface area (Å²) in [6.45, 7) is 1.69. The lowest BCUT2D eigenvalue weighted by atomic mass is 9.84. The van der Waals surface area contributed by atoms with E-state index < -0.39 is 0 Å². The van der Waals surface area contributed by atoms with Crippen LogP contribution in [0.5, 0.6) is 0 Å². The molecule has 2 aromatic carbocycles. The van der Waals surface area contributed by atoms with E-state index in [4.69, 9.17) is 23.2 Å². The SMILES string of the molecule is CN1Cc2c(Cl)cc(Cl)cc2C(c2ccc(NC(=O)c3cccnc3)cc2)C1. The third-order valence-electron chi connectivity index (χ3n) is 4.99. The molecule has 1 aliphatic rings. The van der Waals surface area contributed by atoms with Crippen LogP contribution in [0.15, 0.2) is 60.9 Å². The Morgan fingerprint density at radius 3 is 2.68 bits per heavy atom. The Kier molecular flexibility index (Phi) is 5.36. The minimum absolute atomic E-state index is 0.174. The van der Waals surface area contributed by atoms with Gasteiger partial charge in [-0.3, -0.25) is 9.78 Å². The number of likely N-dealkylation sites (N-methyl/N-ethyl adjacent to an activating group) is 1. The second-order valence-electron chi connectivity index (χ2n) is 7.02. The minimum atomic E-state index is -0.179. The van der Waals surface area contributed by atoms with E-state index in [1.807, 2.05) is 30.3 Å². The van der Waals surface area contributed by atoms with Crippen molar-refractivity contribution in [1.82, 2.24) is 9.88 Å². The number of nitrogens with one attached hydrogen (secondary N) is 1. The second kappa shape index (κ2) is 7.92. The van der Waals surface area contributed by atoms with Gasteiger partial charge in [-0.05, 0) is 60.1 Å². The predicted molar refractivity (Wildman–Crippen MR) is 113 cm³/mol. The monoisotopic (exact) mass is 411 g/mol. The van der Waals surface area contributed by atoms with Gasteiger partial charge in [0.1, 0.15) is 0 Å². The smallest absolute Gasteiger partial charge is 0.257 e. The Balaban J connectivity index is 1.59. The molecule has 4 nitrogen and oxygen atoms in total. The number of halogens is 2. The molecule has 1 amide bonds. The zero-order valence-electron chi connectivity index (χ0n) is 15.3. The number of nitrogens with zero attached hydrogens (tertiary/aromatic N) is 2. The molecule has 1 aromatic heterocycles. The molecule has 142 valence electrons. The van der Waals surface area contributed by atoms with Crippen LogP contribution in [-0.2, 0) is 6.54 Å². The molecule has 2 heterocycles. The van der Waals surface area contributed by atoms with Gasteiger partial charge in [0.05, 0.1) is 5.56 Å². The highest BCUT2D eigenvalue weighted by molar-refractivity contribution is 6.35. The van der Waals surface area contributed by atoms with E-state index in [0.29, 0.717) is 15.6 Å². The third kappa shape index (κ3) is 3.90. The summed E-state index contributed by atoms with van der Waals surface area (Å²) in [5, 5.41) is 4.26. The predicted octanol–water partition coefficient (Wildman–Crippen LogP) is 5.22. The summed E-state index contributed by atoms with van der Waals surface area (Å²) in [5.41, 5.74) is 4.72. The van der Waals surface area contributed by atoms with Crippen LogP contribution >= 0.6 is 23.2 Å². The maximum atomic E-state index is 12.3. The van der Waals surface area contributed by atoms with Gasteiger partial charge in [0, 0.05) is 47.1 Å². The quantitative estimate of drug-likeness (QED) is 0.642. The fraction of sp³-hybridized carbons (Fsp3) is 0.182. The van der Waals surface area contributed by atoms with Crippen LogP contribution < -0.4 is 5.32 Å². The molecule has 1 unspecified atom stereocenters. The highest BCUT2D eigenvalue weighted by Gasteiger charge is 2.27. The molecular weight excluding hydrogens is 393 g/mol. The maximum Gasteiger partial charge on any atom is 0.257 e. The average molecular weight is 412 g/mol. The van der Waals surface area contributed by atoms with Crippen LogP contribution in [0.4, 0.5) is 5.69 Å². The van der Waals surface area contributed by atoms with Crippen molar-refractivity contribution in [2.45, 2.75) is 12.5 Å². The summed E-state index contributed by atoms with van der Waals surface area (Å²) in [6.07, 6.45) is 3.19. The van der Waals surface area contributed by atoms with E-state index >= 15 is 0 Å². The number of benzene rings is 2. The van der Waals surface area contributed by atoms with Gasteiger partial charge in [0.15, 0.2) is 0 Å². The molecule has 28 heavy (non-hydrogen) atoms. The van der Waals surface area contributed by atoms with Crippen molar-refractivity contribution in [3.05, 3.63) is 93.2 Å². The van der Waals surface area contributed by atoms with Gasteiger partial charge in [-0.25, -0.2) is 0 Å². The van der Waals surface area contributed by atoms with Crippen molar-refractivity contribution in [2.75, 3.05) is 18.9 Å². The number of fused-ring (bicyclic) bond motifs is 1. The van der Waals surface area contributed by atoms with E-state index in [1.54, 1.807) is 30.6 Å². The molecule has 1 aliphatic heterocycles. The van der Waals surface area contributed by atoms with E-state index in [9.17, 15) is 4.79 Å². The number of anilines is 1. The van der Waals surface area contributed by atoms with Gasteiger partial charge in [-0.2, -0.15) is 0 Å². The number of pyridine rings is 1. The normalized spacial score (nSPS) is 16.5. The number of rotatable bonds is 3. The first-order valence-electron chi connectivity index (χ1n) is 8.99. The van der Waals surface area contributed by atoms with E-state index in [0.717, 1.165) is 29.9 Å². The van der Waals surface area contributed by atoms with Crippen LogP contribution in [0.25, 0.3) is 0 Å². The van der Waals surface area contributed by atoms with E-state index in [-0.39, 0.29) is 11.8 Å². The summed E-state index contributed by atoms with van der Waals surface area (Å²) in [7, 11) is 2.09. The first-order chi connectivity index (χ1) is 13.5. The Morgan fingerprint density at radius 1 is 1.18 bits per heavy atom. The van der Waals surface area contributed by atoms with Crippen LogP contribution in [0, 0.1) is 0 Å². The number of carbonyl (C=O) groups is 1. The minimum Gasteiger partial charge on any atom is -0.322 e. The van der Waals surface area contributed by atoms with Crippen LogP contribution in [0.3, 0.4) is 0 Å². The van der Waals surface area contributed by atoms with Crippen molar-refractivity contribution < 1.29 is 4.79 Å².